The van der Waals surface area contributed by atoms with Crippen molar-refractivity contribution in [1.82, 2.24) is 5.32 Å². The highest BCUT2D eigenvalue weighted by Crippen LogP contribution is 2.05. The summed E-state index contributed by atoms with van der Waals surface area (Å²) in [6, 6.07) is 18.0. The molecule has 0 bridgehead atoms. The van der Waals surface area contributed by atoms with Crippen molar-refractivity contribution in [3.8, 4) is 0 Å². The molecule has 1 unspecified atom stereocenters. The minimum Gasteiger partial charge on any atom is -0.459 e. The smallest absolute Gasteiger partial charge is 0.408 e. The molecule has 0 heterocycles. The number of hydrogen-bond donors (Lipinski definition) is 1. The van der Waals surface area contributed by atoms with Gasteiger partial charge in [-0.1, -0.05) is 83.3 Å². The summed E-state index contributed by atoms with van der Waals surface area (Å²) in [6.45, 7) is 0.327. The zero-order chi connectivity index (χ0) is 17.2. The third-order valence-electron chi connectivity index (χ3n) is 3.17. The first-order chi connectivity index (χ1) is 11.7. The summed E-state index contributed by atoms with van der Waals surface area (Å²) >= 11 is 2.02. The lowest BCUT2D eigenvalue weighted by atomic mass is 10.2. The van der Waals surface area contributed by atoms with Gasteiger partial charge in [0.2, 0.25) is 0 Å². The molecule has 0 fully saturated rings. The van der Waals surface area contributed by atoms with Crippen LogP contribution in [0, 0.1) is 0 Å². The number of carbonyl (C=O) groups is 2. The highest BCUT2D eigenvalue weighted by atomic mass is 127. The van der Waals surface area contributed by atoms with Crippen molar-refractivity contribution in [3.63, 3.8) is 0 Å². The van der Waals surface area contributed by atoms with Crippen LogP contribution in [0.5, 0.6) is 0 Å². The Kier molecular flexibility index (Phi) is 7.54. The summed E-state index contributed by atoms with van der Waals surface area (Å²) in [7, 11) is 0. The number of alkyl carbamates (subject to hydrolysis) is 1. The van der Waals surface area contributed by atoms with E-state index in [-0.39, 0.29) is 13.2 Å². The molecule has 5 nitrogen and oxygen atoms in total. The molecule has 0 spiro atoms. The van der Waals surface area contributed by atoms with Crippen LogP contribution >= 0.6 is 22.6 Å². The number of nitrogens with one attached hydrogen (secondary N) is 1. The number of alkyl halides is 1. The van der Waals surface area contributed by atoms with E-state index >= 15 is 0 Å². The number of halogens is 1. The van der Waals surface area contributed by atoms with E-state index in [4.69, 9.17) is 9.47 Å². The van der Waals surface area contributed by atoms with E-state index in [0.717, 1.165) is 11.1 Å². The molecule has 0 saturated heterocycles. The van der Waals surface area contributed by atoms with Gasteiger partial charge in [-0.25, -0.2) is 9.59 Å². The summed E-state index contributed by atoms with van der Waals surface area (Å²) in [4.78, 5) is 23.9. The quantitative estimate of drug-likeness (QED) is 0.408. The first-order valence-electron chi connectivity index (χ1n) is 7.43. The van der Waals surface area contributed by atoms with Gasteiger partial charge >= 0.3 is 12.1 Å². The molecule has 1 N–H and O–H groups in total. The minimum absolute atomic E-state index is 0.152. The Morgan fingerprint density at radius 3 is 1.88 bits per heavy atom. The number of rotatable bonds is 7. The Bertz CT molecular complexity index is 649. The normalized spacial score (nSPS) is 11.4. The average molecular weight is 439 g/mol. The highest BCUT2D eigenvalue weighted by Gasteiger charge is 2.21. The van der Waals surface area contributed by atoms with Gasteiger partial charge in [0, 0.05) is 4.43 Å². The first kappa shape index (κ1) is 18.3. The summed E-state index contributed by atoms with van der Waals surface area (Å²) in [5.74, 6) is -0.482. The largest absolute Gasteiger partial charge is 0.459 e. The van der Waals surface area contributed by atoms with E-state index in [2.05, 4.69) is 5.32 Å². The Labute approximate surface area is 154 Å². The number of amides is 1. The predicted molar refractivity (Wildman–Crippen MR) is 98.7 cm³/mol. The standard InChI is InChI=1S/C18H18INO4/c19-11-16(17(21)23-12-14-7-3-1-4-8-14)20-18(22)24-13-15-9-5-2-6-10-15/h1-10,16H,11-13H2,(H,20,22). The fourth-order valence-electron chi connectivity index (χ4n) is 1.90. The molecule has 2 rings (SSSR count). The molecule has 0 radical (unpaired) electrons. The Morgan fingerprint density at radius 2 is 1.38 bits per heavy atom. The molecule has 1 amide bonds. The van der Waals surface area contributed by atoms with Crippen LogP contribution in [0.1, 0.15) is 11.1 Å². The van der Waals surface area contributed by atoms with E-state index < -0.39 is 18.1 Å². The van der Waals surface area contributed by atoms with Crippen molar-refractivity contribution in [2.45, 2.75) is 19.3 Å². The number of esters is 1. The van der Waals surface area contributed by atoms with Crippen molar-refractivity contribution < 1.29 is 19.1 Å². The highest BCUT2D eigenvalue weighted by molar-refractivity contribution is 14.1. The van der Waals surface area contributed by atoms with E-state index in [1.54, 1.807) is 0 Å². The van der Waals surface area contributed by atoms with Gasteiger partial charge in [-0.15, -0.1) is 0 Å². The van der Waals surface area contributed by atoms with Crippen LogP contribution in [0.3, 0.4) is 0 Å². The predicted octanol–water partition coefficient (Wildman–Crippen LogP) is 3.46. The molecule has 2 aromatic rings. The molecule has 0 aromatic heterocycles. The van der Waals surface area contributed by atoms with E-state index in [0.29, 0.717) is 4.43 Å². The van der Waals surface area contributed by atoms with Gasteiger partial charge in [-0.3, -0.25) is 0 Å². The van der Waals surface area contributed by atoms with Crippen LogP contribution in [0.4, 0.5) is 4.79 Å². The average Bonchev–Trinajstić information content (AvgIpc) is 2.64. The fourth-order valence-corrected chi connectivity index (χ4v) is 2.48. The van der Waals surface area contributed by atoms with Crippen LogP contribution in [0.15, 0.2) is 60.7 Å². The zero-order valence-electron chi connectivity index (χ0n) is 13.0. The van der Waals surface area contributed by atoms with Crippen LogP contribution in [-0.2, 0) is 27.5 Å². The van der Waals surface area contributed by atoms with Gasteiger partial charge in [0.15, 0.2) is 0 Å². The van der Waals surface area contributed by atoms with Crippen molar-refractivity contribution >= 4 is 34.7 Å². The maximum absolute atomic E-state index is 12.1. The summed E-state index contributed by atoms with van der Waals surface area (Å²) in [5.41, 5.74) is 1.77. The fraction of sp³-hybridized carbons (Fsp3) is 0.222. The minimum atomic E-state index is -0.738. The second kappa shape index (κ2) is 9.92. The van der Waals surface area contributed by atoms with Gasteiger partial charge < -0.3 is 14.8 Å². The lowest BCUT2D eigenvalue weighted by molar-refractivity contribution is -0.146. The number of ether oxygens (including phenoxy) is 2. The van der Waals surface area contributed by atoms with E-state index in [1.807, 2.05) is 83.3 Å². The lowest BCUT2D eigenvalue weighted by Crippen LogP contribution is -2.43. The Hall–Kier alpha value is -2.09. The molecule has 2 aromatic carbocycles. The molecule has 0 saturated carbocycles. The number of benzene rings is 2. The monoisotopic (exact) mass is 439 g/mol. The Balaban J connectivity index is 1.77. The van der Waals surface area contributed by atoms with Gasteiger partial charge in [0.05, 0.1) is 0 Å². The van der Waals surface area contributed by atoms with Crippen LogP contribution < -0.4 is 5.32 Å². The molecular formula is C18H18INO4. The second-order valence-corrected chi connectivity index (χ2v) is 5.89. The van der Waals surface area contributed by atoms with Crippen molar-refractivity contribution in [3.05, 3.63) is 71.8 Å². The molecule has 126 valence electrons. The van der Waals surface area contributed by atoms with Gasteiger partial charge in [-0.2, -0.15) is 0 Å². The van der Waals surface area contributed by atoms with Gasteiger partial charge in [0.25, 0.3) is 0 Å². The Morgan fingerprint density at radius 1 is 0.875 bits per heavy atom. The number of carbonyl (C=O) groups excluding carboxylic acids is 2. The third kappa shape index (κ3) is 6.19. The molecule has 0 aliphatic carbocycles. The second-order valence-electron chi connectivity index (χ2n) is 5.01. The van der Waals surface area contributed by atoms with Gasteiger partial charge in [0.1, 0.15) is 19.3 Å². The zero-order valence-corrected chi connectivity index (χ0v) is 15.1. The van der Waals surface area contributed by atoms with Crippen molar-refractivity contribution in [2.24, 2.45) is 0 Å². The molecule has 0 aliphatic heterocycles. The van der Waals surface area contributed by atoms with Crippen molar-refractivity contribution in [2.75, 3.05) is 4.43 Å². The maximum Gasteiger partial charge on any atom is 0.408 e. The molecule has 24 heavy (non-hydrogen) atoms. The van der Waals surface area contributed by atoms with E-state index in [9.17, 15) is 9.59 Å². The number of hydrogen-bond acceptors (Lipinski definition) is 4. The lowest BCUT2D eigenvalue weighted by Gasteiger charge is -2.15. The van der Waals surface area contributed by atoms with Crippen molar-refractivity contribution in [1.29, 1.82) is 0 Å². The maximum atomic E-state index is 12.1. The summed E-state index contributed by atoms with van der Waals surface area (Å²) in [5, 5.41) is 2.53. The molecule has 6 heteroatoms. The molecule has 0 aliphatic rings. The molecular weight excluding hydrogens is 421 g/mol. The summed E-state index contributed by atoms with van der Waals surface area (Å²) in [6.07, 6.45) is -0.641. The van der Waals surface area contributed by atoms with E-state index in [1.165, 1.54) is 0 Å². The molecule has 1 atom stereocenters. The van der Waals surface area contributed by atoms with Crippen LogP contribution in [0.25, 0.3) is 0 Å². The third-order valence-corrected chi connectivity index (χ3v) is 4.05. The van der Waals surface area contributed by atoms with Gasteiger partial charge in [-0.05, 0) is 11.1 Å². The first-order valence-corrected chi connectivity index (χ1v) is 8.95. The topological polar surface area (TPSA) is 64.6 Å². The van der Waals surface area contributed by atoms with Crippen LogP contribution in [0.2, 0.25) is 0 Å². The van der Waals surface area contributed by atoms with Crippen LogP contribution in [-0.4, -0.2) is 22.5 Å². The summed E-state index contributed by atoms with van der Waals surface area (Å²) < 4.78 is 10.7. The SMILES string of the molecule is O=C(NC(CI)C(=O)OCc1ccccc1)OCc1ccccc1.